The van der Waals surface area contributed by atoms with E-state index in [9.17, 15) is 44.1 Å². The van der Waals surface area contributed by atoms with Crippen molar-refractivity contribution < 1.29 is 48.7 Å². The summed E-state index contributed by atoms with van der Waals surface area (Å²) in [6, 6.07) is -0.237. The number of carboxylic acids is 2. The summed E-state index contributed by atoms with van der Waals surface area (Å²) in [5, 5.41) is 38.3. The number of carbonyl (C=O) groups is 5. The predicted octanol–water partition coefficient (Wildman–Crippen LogP) is -0.785. The molecule has 51 heavy (non-hydrogen) atoms. The summed E-state index contributed by atoms with van der Waals surface area (Å²) < 4.78 is 1.53. The molecule has 3 aromatic heterocycles. The lowest BCUT2D eigenvalue weighted by Gasteiger charge is -2.49. The zero-order chi connectivity index (χ0) is 37.2. The number of aromatic amines is 1. The molecule has 22 heteroatoms. The van der Waals surface area contributed by atoms with Crippen molar-refractivity contribution in [3.05, 3.63) is 75.2 Å². The largest absolute Gasteiger partial charge is 0.503 e. The third-order valence-electron chi connectivity index (χ3n) is 7.28. The van der Waals surface area contributed by atoms with Crippen molar-refractivity contribution in [3.8, 4) is 5.75 Å². The maximum Gasteiger partial charge on any atom is 0.352 e. The van der Waals surface area contributed by atoms with E-state index in [0.29, 0.717) is 5.57 Å². The molecule has 0 spiro atoms. The average Bonchev–Trinajstić information content (AvgIpc) is 3.51. The summed E-state index contributed by atoms with van der Waals surface area (Å²) in [4.78, 5) is 91.3. The normalized spacial score (nSPS) is 17.5. The van der Waals surface area contributed by atoms with Crippen LogP contribution < -0.4 is 32.1 Å². The molecular weight excluding hydrogens is 713 g/mol. The number of aromatic hydroxyl groups is 1. The van der Waals surface area contributed by atoms with Crippen LogP contribution in [0.25, 0.3) is 0 Å². The second-order valence-corrected chi connectivity index (χ2v) is 13.3. The number of aliphatic carboxylic acids is 2. The van der Waals surface area contributed by atoms with Gasteiger partial charge >= 0.3 is 11.9 Å². The summed E-state index contributed by atoms with van der Waals surface area (Å²) >= 11 is 2.19. The van der Waals surface area contributed by atoms with E-state index in [1.54, 1.807) is 6.08 Å². The highest BCUT2D eigenvalue weighted by molar-refractivity contribution is 8.00. The van der Waals surface area contributed by atoms with Crippen molar-refractivity contribution in [2.24, 2.45) is 5.16 Å². The van der Waals surface area contributed by atoms with Gasteiger partial charge in [0.05, 0.1) is 0 Å². The molecule has 20 nitrogen and oxygen atoms in total. The number of nitrogens with zero attached hydrogens (tertiary/aromatic N) is 5. The van der Waals surface area contributed by atoms with Gasteiger partial charge in [-0.25, -0.2) is 19.1 Å². The van der Waals surface area contributed by atoms with Crippen LogP contribution in [0.2, 0.25) is 0 Å². The van der Waals surface area contributed by atoms with E-state index in [-0.39, 0.29) is 46.0 Å². The maximum atomic E-state index is 13.3. The SMILES string of the molecule is CC(C)(O/N=C(\C(=O)N[C@@H]1C(=O)N2C(C(=O)O)=C(/C=C/C[n+]3cnc(N)c(NC(=O)c4cc(=O)c(O)c[nH]4)c3)CSC12)c1csc(N)n1)C(=O)O. The molecule has 3 amide bonds. The predicted molar refractivity (Wildman–Crippen MR) is 180 cm³/mol. The lowest BCUT2D eigenvalue weighted by atomic mass is 10.0. The molecule has 5 rings (SSSR count). The number of nitrogens with one attached hydrogen (secondary N) is 3. The average molecular weight is 742 g/mol. The topological polar surface area (TPSA) is 309 Å². The van der Waals surface area contributed by atoms with E-state index in [1.165, 1.54) is 54.2 Å². The molecule has 3 aromatic rings. The van der Waals surface area contributed by atoms with E-state index < -0.39 is 63.6 Å². The molecule has 0 aromatic carbocycles. The Bertz CT molecular complexity index is 2110. The third-order valence-corrected chi connectivity index (χ3v) is 9.26. The van der Waals surface area contributed by atoms with Gasteiger partial charge < -0.3 is 47.2 Å². The Kier molecular flexibility index (Phi) is 10.1. The van der Waals surface area contributed by atoms with Gasteiger partial charge in [-0.15, -0.1) is 23.1 Å². The molecule has 1 saturated heterocycles. The monoisotopic (exact) mass is 741 g/mol. The molecule has 10 N–H and O–H groups in total. The number of rotatable bonds is 12. The van der Waals surface area contributed by atoms with Crippen molar-refractivity contribution in [3.63, 3.8) is 0 Å². The first-order chi connectivity index (χ1) is 24.1. The minimum absolute atomic E-state index is 0.0213. The Balaban J connectivity index is 1.29. The van der Waals surface area contributed by atoms with Gasteiger partial charge in [0.1, 0.15) is 41.2 Å². The fraction of sp³-hybridized carbons (Fsp3) is 0.241. The van der Waals surface area contributed by atoms with Crippen molar-refractivity contribution >= 4 is 75.1 Å². The van der Waals surface area contributed by atoms with Crippen molar-refractivity contribution in [1.82, 2.24) is 25.2 Å². The smallest absolute Gasteiger partial charge is 0.352 e. The van der Waals surface area contributed by atoms with E-state index in [0.717, 1.165) is 28.5 Å². The fourth-order valence-corrected chi connectivity index (χ4v) is 6.42. The molecule has 0 bridgehead atoms. The molecule has 2 aliphatic rings. The molecule has 2 atom stereocenters. The molecule has 266 valence electrons. The van der Waals surface area contributed by atoms with E-state index in [1.807, 2.05) is 0 Å². The van der Waals surface area contributed by atoms with Gasteiger partial charge in [0.15, 0.2) is 22.3 Å². The molecule has 1 fully saturated rings. The molecule has 0 saturated carbocycles. The highest BCUT2D eigenvalue weighted by atomic mass is 32.2. The highest BCUT2D eigenvalue weighted by Crippen LogP contribution is 2.40. The number of allylic oxidation sites excluding steroid dienone is 2. The Hall–Kier alpha value is -6.29. The van der Waals surface area contributed by atoms with Crippen LogP contribution in [0.3, 0.4) is 0 Å². The standard InChI is InChI=1S/C29H28N10O10S2/c1-29(2,27(47)48)49-37-18(15-10-51-28(31)35-15)23(43)36-19-24(44)39-20(26(45)46)12(9-50-25(19)39)4-3-5-38-8-14(21(30)33-11-38)34-22(42)13-6-16(40)17(41)7-32-13/h3-4,6-8,10-11,19,25,30H,5,9H2,1-2H3,(H8,31,32,34,35,36,37,40,41,42,43,45,46,47,48)/p+1/b4-3+/t19-,25?/m1/s1. The van der Waals surface area contributed by atoms with Gasteiger partial charge in [0.25, 0.3) is 29.9 Å². The van der Waals surface area contributed by atoms with Crippen molar-refractivity contribution in [1.29, 1.82) is 0 Å². The van der Waals surface area contributed by atoms with Gasteiger partial charge in [-0.2, -0.15) is 0 Å². The lowest BCUT2D eigenvalue weighted by Crippen LogP contribution is -2.71. The number of oxime groups is 1. The zero-order valence-electron chi connectivity index (χ0n) is 26.5. The van der Waals surface area contributed by atoms with E-state index in [4.69, 9.17) is 16.3 Å². The first kappa shape index (κ1) is 36.0. The van der Waals surface area contributed by atoms with Crippen LogP contribution in [0, 0.1) is 0 Å². The van der Waals surface area contributed by atoms with Gasteiger partial charge in [-0.05, 0) is 30.5 Å². The molecule has 0 radical (unpaired) electrons. The maximum absolute atomic E-state index is 13.3. The quantitative estimate of drug-likeness (QED) is 0.0488. The number of anilines is 3. The number of fused-ring (bicyclic) bond motifs is 1. The number of amides is 3. The fourth-order valence-electron chi connectivity index (χ4n) is 4.55. The highest BCUT2D eigenvalue weighted by Gasteiger charge is 2.54. The number of thiazole rings is 1. The van der Waals surface area contributed by atoms with Crippen LogP contribution in [0.1, 0.15) is 30.0 Å². The summed E-state index contributed by atoms with van der Waals surface area (Å²) in [7, 11) is 0. The summed E-state index contributed by atoms with van der Waals surface area (Å²) in [5.74, 6) is -5.52. The van der Waals surface area contributed by atoms with Crippen LogP contribution in [0.15, 0.2) is 63.5 Å². The van der Waals surface area contributed by atoms with Crippen LogP contribution in [0.4, 0.5) is 16.6 Å². The summed E-state index contributed by atoms with van der Waals surface area (Å²) in [5.41, 5.74) is 8.56. The Morgan fingerprint density at radius 3 is 2.65 bits per heavy atom. The van der Waals surface area contributed by atoms with Crippen molar-refractivity contribution in [2.45, 2.75) is 37.4 Å². The number of hydrogen-bond donors (Lipinski definition) is 8. The number of aromatic nitrogens is 4. The Morgan fingerprint density at radius 2 is 2.00 bits per heavy atom. The minimum atomic E-state index is -1.81. The second-order valence-electron chi connectivity index (χ2n) is 11.3. The number of nitrogens with two attached hydrogens (primary N) is 2. The molecule has 2 aliphatic heterocycles. The van der Waals surface area contributed by atoms with E-state index in [2.05, 4.69) is 30.7 Å². The number of pyridine rings is 1. The third kappa shape index (κ3) is 7.65. The zero-order valence-corrected chi connectivity index (χ0v) is 28.2. The number of hydrogen-bond acceptors (Lipinski definition) is 15. The Labute approximate surface area is 294 Å². The molecule has 1 unspecified atom stereocenters. The van der Waals surface area contributed by atoms with Crippen LogP contribution >= 0.6 is 23.1 Å². The first-order valence-corrected chi connectivity index (χ1v) is 16.5. The molecule has 0 aliphatic carbocycles. The lowest BCUT2D eigenvalue weighted by molar-refractivity contribution is -0.689. The van der Waals surface area contributed by atoms with E-state index >= 15 is 0 Å². The van der Waals surface area contributed by atoms with Crippen LogP contribution in [0.5, 0.6) is 5.75 Å². The summed E-state index contributed by atoms with van der Waals surface area (Å²) in [6.45, 7) is 2.57. The van der Waals surface area contributed by atoms with Crippen LogP contribution in [-0.4, -0.2) is 93.3 Å². The number of nitrogen functional groups attached to an aromatic ring is 2. The van der Waals surface area contributed by atoms with Gasteiger partial charge in [0.2, 0.25) is 11.0 Å². The van der Waals surface area contributed by atoms with Crippen LogP contribution in [-0.2, 0) is 30.6 Å². The van der Waals surface area contributed by atoms with Crippen molar-refractivity contribution in [2.75, 3.05) is 22.5 Å². The molecule has 5 heterocycles. The number of β-lactam (4-membered cyclic amide) rings is 1. The van der Waals surface area contributed by atoms with Gasteiger partial charge in [-0.1, -0.05) is 11.2 Å². The number of carbonyl (C=O) groups excluding carboxylic acids is 3. The van der Waals surface area contributed by atoms with Gasteiger partial charge in [0, 0.05) is 23.4 Å². The molecular formula is C29H29N10O10S2+. The summed E-state index contributed by atoms with van der Waals surface area (Å²) in [6.07, 6.45) is 6.92. The second kappa shape index (κ2) is 14.3. The first-order valence-electron chi connectivity index (χ1n) is 14.5. The number of thioether (sulfide) groups is 1. The number of carboxylic acid groups (broad SMARTS) is 2. The minimum Gasteiger partial charge on any atom is -0.503 e. The Morgan fingerprint density at radius 1 is 1.25 bits per heavy atom. The number of H-pyrrole nitrogens is 1. The van der Waals surface area contributed by atoms with Gasteiger partial charge in [-0.3, -0.25) is 24.1 Å².